The van der Waals surface area contributed by atoms with Crippen LogP contribution >= 0.6 is 0 Å². The van der Waals surface area contributed by atoms with Gasteiger partial charge >= 0.3 is 11.9 Å². The minimum absolute atomic E-state index is 0.241. The molecule has 1 aromatic rings. The third kappa shape index (κ3) is 3.53. The summed E-state index contributed by atoms with van der Waals surface area (Å²) in [4.78, 5) is 20.8. The Hall–Kier alpha value is -2.17. The van der Waals surface area contributed by atoms with E-state index in [9.17, 15) is 14.0 Å². The summed E-state index contributed by atoms with van der Waals surface area (Å²) >= 11 is 0. The van der Waals surface area contributed by atoms with E-state index in [1.165, 1.54) is 12.1 Å². The van der Waals surface area contributed by atoms with Gasteiger partial charge in [0.2, 0.25) is 0 Å². The highest BCUT2D eigenvalue weighted by Gasteiger charge is 2.06. The molecule has 0 aromatic heterocycles. The second-order valence-corrected chi connectivity index (χ2v) is 3.09. The van der Waals surface area contributed by atoms with Crippen LogP contribution in [0.3, 0.4) is 0 Å². The summed E-state index contributed by atoms with van der Waals surface area (Å²) in [5.41, 5.74) is 0.621. The fourth-order valence-corrected chi connectivity index (χ4v) is 1.21. The van der Waals surface area contributed by atoms with Crippen molar-refractivity contribution in [3.63, 3.8) is 0 Å². The summed E-state index contributed by atoms with van der Waals surface area (Å²) in [5.74, 6) is -2.80. The minimum atomic E-state index is -1.15. The van der Waals surface area contributed by atoms with Crippen molar-refractivity contribution < 1.29 is 24.2 Å². The Morgan fingerprint density at radius 1 is 1.31 bits per heavy atom. The lowest BCUT2D eigenvalue weighted by atomic mass is 10.0. The van der Waals surface area contributed by atoms with E-state index in [1.54, 1.807) is 0 Å². The second-order valence-electron chi connectivity index (χ2n) is 3.09. The van der Waals surface area contributed by atoms with E-state index >= 15 is 0 Å². The van der Waals surface area contributed by atoms with Gasteiger partial charge in [0.1, 0.15) is 5.82 Å². The lowest BCUT2D eigenvalue weighted by Gasteiger charge is -2.03. The lowest BCUT2D eigenvalue weighted by molar-refractivity contribution is -0.136. The zero-order valence-electron chi connectivity index (χ0n) is 8.18. The van der Waals surface area contributed by atoms with Crippen molar-refractivity contribution in [2.75, 3.05) is 0 Å². The highest BCUT2D eigenvalue weighted by Crippen LogP contribution is 2.14. The van der Waals surface area contributed by atoms with Crippen LogP contribution in [0.15, 0.2) is 24.3 Å². The molecule has 0 aliphatic rings. The average Bonchev–Trinajstić information content (AvgIpc) is 2.15. The Morgan fingerprint density at radius 3 is 2.56 bits per heavy atom. The van der Waals surface area contributed by atoms with Crippen LogP contribution in [0, 0.1) is 5.82 Å². The summed E-state index contributed by atoms with van der Waals surface area (Å²) in [7, 11) is 0. The fourth-order valence-electron chi connectivity index (χ4n) is 1.21. The van der Waals surface area contributed by atoms with Crippen LogP contribution in [0.1, 0.15) is 11.1 Å². The molecule has 2 N–H and O–H groups in total. The van der Waals surface area contributed by atoms with Gasteiger partial charge in [-0.25, -0.2) is 9.18 Å². The van der Waals surface area contributed by atoms with Crippen molar-refractivity contribution in [2.24, 2.45) is 0 Å². The molecule has 5 heteroatoms. The predicted molar refractivity (Wildman–Crippen MR) is 54.4 cm³/mol. The molecule has 0 aliphatic heterocycles. The third-order valence-corrected chi connectivity index (χ3v) is 1.85. The van der Waals surface area contributed by atoms with Crippen molar-refractivity contribution >= 4 is 18.0 Å². The molecule has 1 aromatic carbocycles. The Labute approximate surface area is 90.6 Å². The van der Waals surface area contributed by atoms with E-state index in [2.05, 4.69) is 0 Å². The Bertz CT molecular complexity index is 451. The van der Waals surface area contributed by atoms with Crippen LogP contribution in [-0.2, 0) is 16.0 Å². The monoisotopic (exact) mass is 224 g/mol. The van der Waals surface area contributed by atoms with E-state index in [4.69, 9.17) is 10.2 Å². The van der Waals surface area contributed by atoms with Crippen LogP contribution in [0.5, 0.6) is 0 Å². The topological polar surface area (TPSA) is 74.6 Å². The number of hydrogen-bond donors (Lipinski definition) is 2. The number of hydrogen-bond acceptors (Lipinski definition) is 2. The van der Waals surface area contributed by atoms with Crippen LogP contribution in [0.4, 0.5) is 4.39 Å². The summed E-state index contributed by atoms with van der Waals surface area (Å²) in [6.45, 7) is 0. The van der Waals surface area contributed by atoms with Gasteiger partial charge in [-0.2, -0.15) is 0 Å². The SMILES string of the molecule is O=C(O)C=Cc1ccc(F)cc1CC(=O)O. The zero-order chi connectivity index (χ0) is 12.1. The van der Waals surface area contributed by atoms with Gasteiger partial charge in [0.25, 0.3) is 0 Å². The molecule has 0 unspecified atom stereocenters. The molecule has 0 aliphatic carbocycles. The first-order valence-corrected chi connectivity index (χ1v) is 4.40. The molecule has 0 amide bonds. The number of carboxylic acid groups (broad SMARTS) is 2. The molecule has 16 heavy (non-hydrogen) atoms. The van der Waals surface area contributed by atoms with Gasteiger partial charge in [-0.05, 0) is 29.3 Å². The predicted octanol–water partition coefficient (Wildman–Crippen LogP) is 1.55. The quantitative estimate of drug-likeness (QED) is 0.761. The number of benzene rings is 1. The fraction of sp³-hybridized carbons (Fsp3) is 0.0909. The normalized spacial score (nSPS) is 10.6. The lowest BCUT2D eigenvalue weighted by Crippen LogP contribution is -2.02. The molecule has 0 saturated carbocycles. The van der Waals surface area contributed by atoms with Crippen LogP contribution in [-0.4, -0.2) is 22.2 Å². The number of rotatable bonds is 4. The van der Waals surface area contributed by atoms with E-state index < -0.39 is 17.8 Å². The first-order chi connectivity index (χ1) is 7.49. The van der Waals surface area contributed by atoms with Gasteiger partial charge in [-0.3, -0.25) is 4.79 Å². The van der Waals surface area contributed by atoms with Crippen molar-refractivity contribution in [1.29, 1.82) is 0 Å². The molecule has 0 radical (unpaired) electrons. The van der Waals surface area contributed by atoms with Crippen molar-refractivity contribution in [1.82, 2.24) is 0 Å². The Balaban J connectivity index is 3.06. The largest absolute Gasteiger partial charge is 0.481 e. The Kier molecular flexibility index (Phi) is 3.77. The van der Waals surface area contributed by atoms with Crippen molar-refractivity contribution in [3.8, 4) is 0 Å². The van der Waals surface area contributed by atoms with E-state index in [-0.39, 0.29) is 12.0 Å². The molecular weight excluding hydrogens is 215 g/mol. The molecule has 84 valence electrons. The number of carbonyl (C=O) groups is 2. The molecule has 0 fully saturated rings. The van der Waals surface area contributed by atoms with Crippen LogP contribution in [0.25, 0.3) is 6.08 Å². The van der Waals surface area contributed by atoms with Gasteiger partial charge in [-0.1, -0.05) is 6.07 Å². The molecule has 0 atom stereocenters. The Morgan fingerprint density at radius 2 is 2.00 bits per heavy atom. The average molecular weight is 224 g/mol. The zero-order valence-corrected chi connectivity index (χ0v) is 8.18. The minimum Gasteiger partial charge on any atom is -0.481 e. The molecule has 0 heterocycles. The number of carboxylic acids is 2. The summed E-state index contributed by atoms with van der Waals surface area (Å²) in [5, 5.41) is 17.0. The van der Waals surface area contributed by atoms with Crippen molar-refractivity contribution in [3.05, 3.63) is 41.2 Å². The highest BCUT2D eigenvalue weighted by molar-refractivity contribution is 5.86. The van der Waals surface area contributed by atoms with Crippen LogP contribution in [0.2, 0.25) is 0 Å². The summed E-state index contributed by atoms with van der Waals surface area (Å²) in [6.07, 6.45) is 1.76. The second kappa shape index (κ2) is 5.06. The molecule has 1 rings (SSSR count). The van der Waals surface area contributed by atoms with E-state index in [0.29, 0.717) is 5.56 Å². The van der Waals surface area contributed by atoms with Gasteiger partial charge in [0.15, 0.2) is 0 Å². The van der Waals surface area contributed by atoms with Crippen molar-refractivity contribution in [2.45, 2.75) is 6.42 Å². The highest BCUT2D eigenvalue weighted by atomic mass is 19.1. The van der Waals surface area contributed by atoms with Gasteiger partial charge in [-0.15, -0.1) is 0 Å². The molecular formula is C11H9FO4. The smallest absolute Gasteiger partial charge is 0.328 e. The molecule has 0 bridgehead atoms. The first kappa shape index (κ1) is 11.9. The molecule has 0 spiro atoms. The molecule has 4 nitrogen and oxygen atoms in total. The maximum Gasteiger partial charge on any atom is 0.328 e. The number of halogens is 1. The summed E-state index contributed by atoms with van der Waals surface area (Å²) < 4.78 is 12.9. The number of aliphatic carboxylic acids is 2. The third-order valence-electron chi connectivity index (χ3n) is 1.85. The maximum atomic E-state index is 12.9. The van der Waals surface area contributed by atoms with Gasteiger partial charge < -0.3 is 10.2 Å². The van der Waals surface area contributed by atoms with E-state index in [1.807, 2.05) is 0 Å². The van der Waals surface area contributed by atoms with E-state index in [0.717, 1.165) is 18.2 Å². The summed E-state index contributed by atoms with van der Waals surface area (Å²) in [6, 6.07) is 3.57. The van der Waals surface area contributed by atoms with Gasteiger partial charge in [0, 0.05) is 6.08 Å². The standard InChI is InChI=1S/C11H9FO4/c12-9-3-1-7(2-4-10(13)14)8(5-9)6-11(15)16/h1-5H,6H2,(H,13,14)(H,15,16). The van der Waals surface area contributed by atoms with Gasteiger partial charge in [0.05, 0.1) is 6.42 Å². The van der Waals surface area contributed by atoms with Crippen LogP contribution < -0.4 is 0 Å². The maximum absolute atomic E-state index is 12.9. The first-order valence-electron chi connectivity index (χ1n) is 4.40. The molecule has 0 saturated heterocycles.